The summed E-state index contributed by atoms with van der Waals surface area (Å²) in [6.07, 6.45) is 6.73. The summed E-state index contributed by atoms with van der Waals surface area (Å²) < 4.78 is 1.78. The first-order chi connectivity index (χ1) is 10.2. The van der Waals surface area contributed by atoms with Crippen molar-refractivity contribution in [1.82, 2.24) is 14.5 Å². The molecule has 0 aliphatic heterocycles. The van der Waals surface area contributed by atoms with Gasteiger partial charge in [0.1, 0.15) is 18.2 Å². The van der Waals surface area contributed by atoms with Gasteiger partial charge in [0.05, 0.1) is 11.9 Å². The van der Waals surface area contributed by atoms with Crippen molar-refractivity contribution in [1.29, 1.82) is 0 Å². The smallest absolute Gasteiger partial charge is 0.246 e. The minimum absolute atomic E-state index is 0.255. The van der Waals surface area contributed by atoms with Gasteiger partial charge in [-0.3, -0.25) is 9.36 Å². The second-order valence-electron chi connectivity index (χ2n) is 4.36. The number of carbonyl (C=O) groups is 1. The summed E-state index contributed by atoms with van der Waals surface area (Å²) in [5.41, 5.74) is 6.51. The average Bonchev–Trinajstić information content (AvgIpc) is 3.20. The standard InChI is InChI=1S/C14H13N5OS/c15-13(11-2-1-7-21-11)14(20)18-10-3-4-12(17-8-10)19-6-5-16-9-19/h1-9,13H,15H2,(H,18,20). The quantitative estimate of drug-likeness (QED) is 0.771. The summed E-state index contributed by atoms with van der Waals surface area (Å²) in [6, 6.07) is 6.62. The van der Waals surface area contributed by atoms with Crippen LogP contribution in [0.1, 0.15) is 10.9 Å². The molecule has 21 heavy (non-hydrogen) atoms. The lowest BCUT2D eigenvalue weighted by Gasteiger charge is -2.10. The number of nitrogens with zero attached hydrogens (tertiary/aromatic N) is 3. The second-order valence-corrected chi connectivity index (χ2v) is 5.34. The molecule has 0 spiro atoms. The van der Waals surface area contributed by atoms with Crippen molar-refractivity contribution in [2.45, 2.75) is 6.04 Å². The van der Waals surface area contributed by atoms with Crippen LogP contribution in [-0.4, -0.2) is 20.4 Å². The molecule has 1 unspecified atom stereocenters. The van der Waals surface area contributed by atoms with E-state index in [-0.39, 0.29) is 5.91 Å². The number of amides is 1. The van der Waals surface area contributed by atoms with Crippen LogP contribution in [-0.2, 0) is 4.79 Å². The minimum atomic E-state index is -0.668. The fourth-order valence-corrected chi connectivity index (χ4v) is 2.55. The molecule has 7 heteroatoms. The van der Waals surface area contributed by atoms with E-state index in [4.69, 9.17) is 5.73 Å². The maximum Gasteiger partial charge on any atom is 0.246 e. The lowest BCUT2D eigenvalue weighted by Crippen LogP contribution is -2.27. The van der Waals surface area contributed by atoms with E-state index in [0.717, 1.165) is 10.7 Å². The number of thiophene rings is 1. The molecule has 1 amide bonds. The van der Waals surface area contributed by atoms with E-state index >= 15 is 0 Å². The molecule has 0 aliphatic rings. The number of aromatic nitrogens is 3. The summed E-state index contributed by atoms with van der Waals surface area (Å²) in [4.78, 5) is 21.1. The minimum Gasteiger partial charge on any atom is -0.323 e. The van der Waals surface area contributed by atoms with Gasteiger partial charge in [0.2, 0.25) is 5.91 Å². The van der Waals surface area contributed by atoms with Gasteiger partial charge in [-0.05, 0) is 23.6 Å². The molecule has 0 bridgehead atoms. The Kier molecular flexibility index (Phi) is 3.76. The highest BCUT2D eigenvalue weighted by Gasteiger charge is 2.16. The van der Waals surface area contributed by atoms with Crippen LogP contribution in [0.4, 0.5) is 5.69 Å². The summed E-state index contributed by atoms with van der Waals surface area (Å²) in [5, 5.41) is 4.65. The Hall–Kier alpha value is -2.51. The number of anilines is 1. The normalized spacial score (nSPS) is 12.0. The van der Waals surface area contributed by atoms with Crippen LogP contribution in [0.2, 0.25) is 0 Å². The number of hydrogen-bond donors (Lipinski definition) is 2. The van der Waals surface area contributed by atoms with Crippen LogP contribution in [0.25, 0.3) is 5.82 Å². The van der Waals surface area contributed by atoms with E-state index in [9.17, 15) is 4.79 Å². The van der Waals surface area contributed by atoms with Crippen molar-refractivity contribution in [2.24, 2.45) is 5.73 Å². The topological polar surface area (TPSA) is 85.8 Å². The van der Waals surface area contributed by atoms with E-state index in [1.807, 2.05) is 17.5 Å². The molecule has 6 nitrogen and oxygen atoms in total. The van der Waals surface area contributed by atoms with E-state index < -0.39 is 6.04 Å². The summed E-state index contributed by atoms with van der Waals surface area (Å²) in [7, 11) is 0. The molecule has 0 aromatic carbocycles. The molecule has 0 fully saturated rings. The largest absolute Gasteiger partial charge is 0.323 e. The van der Waals surface area contributed by atoms with Crippen LogP contribution in [0.5, 0.6) is 0 Å². The second kappa shape index (κ2) is 5.86. The molecule has 106 valence electrons. The summed E-state index contributed by atoms with van der Waals surface area (Å²) in [5.74, 6) is 0.475. The molecule has 3 aromatic rings. The first-order valence-electron chi connectivity index (χ1n) is 6.28. The van der Waals surface area contributed by atoms with Crippen molar-refractivity contribution < 1.29 is 4.79 Å². The first kappa shape index (κ1) is 13.5. The third kappa shape index (κ3) is 2.99. The fourth-order valence-electron chi connectivity index (χ4n) is 1.82. The lowest BCUT2D eigenvalue weighted by atomic mass is 10.2. The maximum atomic E-state index is 12.1. The van der Waals surface area contributed by atoms with Crippen molar-refractivity contribution >= 4 is 22.9 Å². The van der Waals surface area contributed by atoms with Gasteiger partial charge in [-0.2, -0.15) is 0 Å². The Balaban J connectivity index is 1.69. The van der Waals surface area contributed by atoms with Crippen LogP contribution < -0.4 is 11.1 Å². The van der Waals surface area contributed by atoms with E-state index in [1.165, 1.54) is 11.3 Å². The number of nitrogens with one attached hydrogen (secondary N) is 1. The van der Waals surface area contributed by atoms with Gasteiger partial charge in [0.15, 0.2) is 0 Å². The van der Waals surface area contributed by atoms with Crippen LogP contribution in [0.3, 0.4) is 0 Å². The molecular weight excluding hydrogens is 286 g/mol. The highest BCUT2D eigenvalue weighted by atomic mass is 32.1. The highest BCUT2D eigenvalue weighted by Crippen LogP contribution is 2.18. The lowest BCUT2D eigenvalue weighted by molar-refractivity contribution is -0.117. The Bertz CT molecular complexity index is 706. The van der Waals surface area contributed by atoms with Crippen LogP contribution >= 0.6 is 11.3 Å². The van der Waals surface area contributed by atoms with Gasteiger partial charge < -0.3 is 11.1 Å². The average molecular weight is 299 g/mol. The molecule has 1 atom stereocenters. The molecule has 3 aromatic heterocycles. The molecule has 0 aliphatic carbocycles. The number of pyridine rings is 1. The molecule has 3 rings (SSSR count). The Morgan fingerprint density at radius 2 is 2.29 bits per heavy atom. The van der Waals surface area contributed by atoms with E-state index in [0.29, 0.717) is 5.69 Å². The predicted octanol–water partition coefficient (Wildman–Crippen LogP) is 1.97. The zero-order valence-electron chi connectivity index (χ0n) is 11.0. The highest BCUT2D eigenvalue weighted by molar-refractivity contribution is 7.10. The number of carbonyl (C=O) groups excluding carboxylic acids is 1. The third-order valence-electron chi connectivity index (χ3n) is 2.92. The van der Waals surface area contributed by atoms with Crippen molar-refractivity contribution in [3.05, 3.63) is 59.4 Å². The Labute approximate surface area is 125 Å². The zero-order chi connectivity index (χ0) is 14.7. The molecule has 0 radical (unpaired) electrons. The van der Waals surface area contributed by atoms with Crippen LogP contribution in [0.15, 0.2) is 54.6 Å². The van der Waals surface area contributed by atoms with Gasteiger partial charge in [-0.25, -0.2) is 9.97 Å². The van der Waals surface area contributed by atoms with E-state index in [2.05, 4.69) is 15.3 Å². The van der Waals surface area contributed by atoms with Crippen molar-refractivity contribution in [3.8, 4) is 5.82 Å². The first-order valence-corrected chi connectivity index (χ1v) is 7.16. The third-order valence-corrected chi connectivity index (χ3v) is 3.87. The SMILES string of the molecule is NC(C(=O)Nc1ccc(-n2ccnc2)nc1)c1cccs1. The number of imidazole rings is 1. The molecule has 3 N–H and O–H groups in total. The summed E-state index contributed by atoms with van der Waals surface area (Å²) >= 11 is 1.46. The Morgan fingerprint density at radius 1 is 1.38 bits per heavy atom. The summed E-state index contributed by atoms with van der Waals surface area (Å²) in [6.45, 7) is 0. The molecule has 0 saturated carbocycles. The number of rotatable bonds is 4. The van der Waals surface area contributed by atoms with Crippen LogP contribution in [0, 0.1) is 0 Å². The predicted molar refractivity (Wildman–Crippen MR) is 81.2 cm³/mol. The van der Waals surface area contributed by atoms with Gasteiger partial charge >= 0.3 is 0 Å². The molecule has 3 heterocycles. The van der Waals surface area contributed by atoms with Gasteiger partial charge in [-0.1, -0.05) is 6.07 Å². The number of hydrogen-bond acceptors (Lipinski definition) is 5. The van der Waals surface area contributed by atoms with Crippen molar-refractivity contribution in [3.63, 3.8) is 0 Å². The van der Waals surface area contributed by atoms with Gasteiger partial charge in [-0.15, -0.1) is 11.3 Å². The maximum absolute atomic E-state index is 12.1. The molecule has 0 saturated heterocycles. The molecular formula is C14H13N5OS. The fraction of sp³-hybridized carbons (Fsp3) is 0.0714. The monoisotopic (exact) mass is 299 g/mol. The van der Waals surface area contributed by atoms with Gasteiger partial charge in [0.25, 0.3) is 0 Å². The van der Waals surface area contributed by atoms with Gasteiger partial charge in [0, 0.05) is 17.3 Å². The number of nitrogens with two attached hydrogens (primary N) is 1. The zero-order valence-corrected chi connectivity index (χ0v) is 11.8. The van der Waals surface area contributed by atoms with Crippen molar-refractivity contribution in [2.75, 3.05) is 5.32 Å². The Morgan fingerprint density at radius 3 is 2.90 bits per heavy atom. The van der Waals surface area contributed by atoms with E-state index in [1.54, 1.807) is 41.6 Å².